The number of halogens is 3. The summed E-state index contributed by atoms with van der Waals surface area (Å²) in [4.78, 5) is -0.169. The van der Waals surface area contributed by atoms with Crippen molar-refractivity contribution in [1.29, 1.82) is 0 Å². The molecule has 0 radical (unpaired) electrons. The summed E-state index contributed by atoms with van der Waals surface area (Å²) in [6.07, 6.45) is 0. The smallest absolute Gasteiger partial charge is 0.184 e. The average Bonchev–Trinajstić information content (AvgIpc) is 2.33. The molecule has 0 aliphatic carbocycles. The van der Waals surface area contributed by atoms with Crippen molar-refractivity contribution < 1.29 is 17.2 Å². The van der Waals surface area contributed by atoms with Crippen LogP contribution in [0.1, 0.15) is 5.56 Å². The Balaban J connectivity index is 2.43. The molecule has 106 valence electrons. The largest absolute Gasteiger partial charge is 0.399 e. The number of rotatable bonds is 3. The highest BCUT2D eigenvalue weighted by molar-refractivity contribution is 7.90. The number of hydrogen-bond donors (Lipinski definition) is 1. The van der Waals surface area contributed by atoms with Gasteiger partial charge in [-0.2, -0.15) is 0 Å². The lowest BCUT2D eigenvalue weighted by Gasteiger charge is -2.08. The fourth-order valence-corrected chi connectivity index (χ4v) is 3.66. The first-order valence-electron chi connectivity index (χ1n) is 5.51. The molecule has 0 unspecified atom stereocenters. The van der Waals surface area contributed by atoms with Crippen LogP contribution in [0, 0.1) is 11.6 Å². The minimum absolute atomic E-state index is 0.0539. The molecule has 0 saturated carbocycles. The van der Waals surface area contributed by atoms with E-state index in [2.05, 4.69) is 0 Å². The second-order valence-electron chi connectivity index (χ2n) is 4.18. The van der Waals surface area contributed by atoms with Gasteiger partial charge in [-0.25, -0.2) is 17.2 Å². The van der Waals surface area contributed by atoms with Gasteiger partial charge >= 0.3 is 0 Å². The molecular formula is C13H10ClF2NO2S. The molecule has 0 amide bonds. The van der Waals surface area contributed by atoms with Gasteiger partial charge in [0, 0.05) is 11.3 Å². The molecule has 0 spiro atoms. The van der Waals surface area contributed by atoms with E-state index in [1.165, 1.54) is 18.2 Å². The molecular weight excluding hydrogens is 308 g/mol. The standard InChI is InChI=1S/C13H10ClF2NO2S/c14-11-6-10(17)2-4-13(11)20(18,19)7-8-5-9(15)1-3-12(8)16/h1-6H,7,17H2. The lowest BCUT2D eigenvalue weighted by Crippen LogP contribution is -2.08. The summed E-state index contributed by atoms with van der Waals surface area (Å²) in [7, 11) is -3.89. The van der Waals surface area contributed by atoms with Gasteiger partial charge in [-0.15, -0.1) is 0 Å². The lowest BCUT2D eigenvalue weighted by atomic mass is 10.2. The average molecular weight is 318 g/mol. The maximum Gasteiger partial charge on any atom is 0.184 e. The Morgan fingerprint density at radius 3 is 2.45 bits per heavy atom. The maximum atomic E-state index is 13.5. The first-order valence-corrected chi connectivity index (χ1v) is 7.54. The second-order valence-corrected chi connectivity index (χ2v) is 6.55. The second kappa shape index (κ2) is 5.38. The Labute approximate surface area is 119 Å². The summed E-state index contributed by atoms with van der Waals surface area (Å²) < 4.78 is 50.9. The number of sulfone groups is 1. The topological polar surface area (TPSA) is 60.2 Å². The van der Waals surface area contributed by atoms with Crippen molar-refractivity contribution >= 4 is 27.1 Å². The van der Waals surface area contributed by atoms with E-state index in [1.807, 2.05) is 0 Å². The molecule has 7 heteroatoms. The van der Waals surface area contributed by atoms with Gasteiger partial charge in [-0.3, -0.25) is 0 Å². The van der Waals surface area contributed by atoms with Crippen LogP contribution in [0.15, 0.2) is 41.3 Å². The van der Waals surface area contributed by atoms with E-state index in [4.69, 9.17) is 17.3 Å². The predicted octanol–water partition coefficient (Wildman–Crippen LogP) is 3.17. The third-order valence-corrected chi connectivity index (χ3v) is 4.79. The first-order chi connectivity index (χ1) is 9.29. The van der Waals surface area contributed by atoms with Crippen LogP contribution in [0.2, 0.25) is 5.02 Å². The fourth-order valence-electron chi connectivity index (χ4n) is 1.71. The molecule has 3 nitrogen and oxygen atoms in total. The highest BCUT2D eigenvalue weighted by Gasteiger charge is 2.21. The summed E-state index contributed by atoms with van der Waals surface area (Å²) in [6, 6.07) is 6.55. The monoisotopic (exact) mass is 317 g/mol. The minimum atomic E-state index is -3.89. The van der Waals surface area contributed by atoms with Crippen molar-refractivity contribution in [3.63, 3.8) is 0 Å². The molecule has 0 fully saturated rings. The summed E-state index contributed by atoms with van der Waals surface area (Å²) in [6.45, 7) is 0. The summed E-state index contributed by atoms with van der Waals surface area (Å²) in [5.41, 5.74) is 5.54. The van der Waals surface area contributed by atoms with Crippen LogP contribution >= 0.6 is 11.6 Å². The van der Waals surface area contributed by atoms with Crippen LogP contribution < -0.4 is 5.73 Å². The SMILES string of the molecule is Nc1ccc(S(=O)(=O)Cc2cc(F)ccc2F)c(Cl)c1. The molecule has 0 aliphatic rings. The molecule has 2 rings (SSSR count). The van der Waals surface area contributed by atoms with Crippen molar-refractivity contribution in [2.45, 2.75) is 10.6 Å². The Kier molecular flexibility index (Phi) is 3.96. The zero-order valence-electron chi connectivity index (χ0n) is 10.1. The van der Waals surface area contributed by atoms with Gasteiger partial charge < -0.3 is 5.73 Å². The lowest BCUT2D eigenvalue weighted by molar-refractivity contribution is 0.578. The summed E-state index contributed by atoms with van der Waals surface area (Å²) in [5.74, 6) is -2.18. The first kappa shape index (κ1) is 14.7. The molecule has 0 aromatic heterocycles. The number of hydrogen-bond acceptors (Lipinski definition) is 3. The number of benzene rings is 2. The summed E-state index contributed by atoms with van der Waals surface area (Å²) in [5, 5.41) is -0.0539. The molecule has 20 heavy (non-hydrogen) atoms. The van der Waals surface area contributed by atoms with Gasteiger partial charge in [0.15, 0.2) is 9.84 Å². The third-order valence-electron chi connectivity index (χ3n) is 2.64. The highest BCUT2D eigenvalue weighted by Crippen LogP contribution is 2.27. The van der Waals surface area contributed by atoms with Gasteiger partial charge in [0.1, 0.15) is 11.6 Å². The maximum absolute atomic E-state index is 13.5. The number of nitrogens with two attached hydrogens (primary N) is 1. The van der Waals surface area contributed by atoms with E-state index < -0.39 is 27.2 Å². The van der Waals surface area contributed by atoms with Gasteiger partial charge in [0.2, 0.25) is 0 Å². The van der Waals surface area contributed by atoms with Crippen LogP contribution in [0.25, 0.3) is 0 Å². The van der Waals surface area contributed by atoms with E-state index in [0.717, 1.165) is 18.2 Å². The number of anilines is 1. The molecule has 2 aromatic carbocycles. The van der Waals surface area contributed by atoms with Gasteiger partial charge in [-0.1, -0.05) is 11.6 Å². The Morgan fingerprint density at radius 1 is 1.10 bits per heavy atom. The van der Waals surface area contributed by atoms with Crippen LogP contribution in [0.4, 0.5) is 14.5 Å². The number of nitrogen functional groups attached to an aromatic ring is 1. The molecule has 0 bridgehead atoms. The fraction of sp³-hybridized carbons (Fsp3) is 0.0769. The third kappa shape index (κ3) is 3.08. The normalized spacial score (nSPS) is 11.6. The van der Waals surface area contributed by atoms with Crippen LogP contribution in [-0.2, 0) is 15.6 Å². The molecule has 2 aromatic rings. The van der Waals surface area contributed by atoms with E-state index in [0.29, 0.717) is 5.69 Å². The van der Waals surface area contributed by atoms with Crippen LogP contribution in [-0.4, -0.2) is 8.42 Å². The van der Waals surface area contributed by atoms with Crippen molar-refractivity contribution in [2.75, 3.05) is 5.73 Å². The Hall–Kier alpha value is -1.66. The molecule has 0 aliphatic heterocycles. The van der Waals surface area contributed by atoms with Gasteiger partial charge in [-0.05, 0) is 36.4 Å². The van der Waals surface area contributed by atoms with Gasteiger partial charge in [0.25, 0.3) is 0 Å². The van der Waals surface area contributed by atoms with Crippen molar-refractivity contribution in [3.8, 4) is 0 Å². The van der Waals surface area contributed by atoms with E-state index in [9.17, 15) is 17.2 Å². The van der Waals surface area contributed by atoms with Crippen molar-refractivity contribution in [3.05, 3.63) is 58.6 Å². The highest BCUT2D eigenvalue weighted by atomic mass is 35.5. The van der Waals surface area contributed by atoms with Crippen molar-refractivity contribution in [1.82, 2.24) is 0 Å². The van der Waals surface area contributed by atoms with Crippen LogP contribution in [0.5, 0.6) is 0 Å². The predicted molar refractivity (Wildman–Crippen MR) is 73.1 cm³/mol. The minimum Gasteiger partial charge on any atom is -0.399 e. The van der Waals surface area contributed by atoms with E-state index >= 15 is 0 Å². The quantitative estimate of drug-likeness (QED) is 0.884. The van der Waals surface area contributed by atoms with E-state index in [1.54, 1.807) is 0 Å². The zero-order valence-corrected chi connectivity index (χ0v) is 11.7. The Morgan fingerprint density at radius 2 is 1.80 bits per heavy atom. The zero-order chi connectivity index (χ0) is 14.9. The molecule has 2 N–H and O–H groups in total. The molecule has 0 saturated heterocycles. The van der Waals surface area contributed by atoms with Gasteiger partial charge in [0.05, 0.1) is 15.7 Å². The molecule has 0 heterocycles. The molecule has 0 atom stereocenters. The summed E-state index contributed by atoms with van der Waals surface area (Å²) >= 11 is 5.82. The van der Waals surface area contributed by atoms with Crippen LogP contribution in [0.3, 0.4) is 0 Å². The van der Waals surface area contributed by atoms with E-state index in [-0.39, 0.29) is 15.5 Å². The van der Waals surface area contributed by atoms with Crippen molar-refractivity contribution in [2.24, 2.45) is 0 Å². The Bertz CT molecular complexity index is 763.